The SMILES string of the molecule is CC/C=C\C/C=C\C/C=C\C/C=C\CCCCC(=O)OC[C@H](COC(=O)CCCCCCCC/C=C\C/C=C\C/C=C\CCCCC)OC(=O)CCC/C=C\C/C=C\C/C=C\C/C=C\CCCCC. The van der Waals surface area contributed by atoms with Crippen LogP contribution >= 0.6 is 0 Å². The van der Waals surface area contributed by atoms with Gasteiger partial charge in [0.25, 0.3) is 0 Å². The van der Waals surface area contributed by atoms with Crippen molar-refractivity contribution in [3.8, 4) is 0 Å². The molecule has 69 heavy (non-hydrogen) atoms. The normalized spacial score (nSPS) is 13.1. The van der Waals surface area contributed by atoms with Gasteiger partial charge in [-0.15, -0.1) is 0 Å². The molecule has 0 amide bonds. The molecular weight excluding hydrogens is 853 g/mol. The number of carbonyl (C=O) groups excluding carboxylic acids is 3. The highest BCUT2D eigenvalue weighted by Gasteiger charge is 2.19. The fourth-order valence-corrected chi connectivity index (χ4v) is 6.96. The number of esters is 3. The lowest BCUT2D eigenvalue weighted by molar-refractivity contribution is -0.167. The Balaban J connectivity index is 4.58. The maximum Gasteiger partial charge on any atom is 0.306 e. The van der Waals surface area contributed by atoms with Crippen molar-refractivity contribution in [2.24, 2.45) is 0 Å². The molecule has 0 rings (SSSR count). The summed E-state index contributed by atoms with van der Waals surface area (Å²) in [6, 6.07) is 0. The monoisotopic (exact) mass is 953 g/mol. The molecule has 0 spiro atoms. The van der Waals surface area contributed by atoms with E-state index in [1.807, 2.05) is 0 Å². The lowest BCUT2D eigenvalue weighted by Gasteiger charge is -2.18. The van der Waals surface area contributed by atoms with Crippen molar-refractivity contribution >= 4 is 17.9 Å². The standard InChI is InChI=1S/C63H100O6/c1-4-7-10-13-16-19-22-25-28-30-31-33-35-38-41-44-47-50-53-56-62(65)68-59-60(58-67-61(64)55-52-49-46-43-40-37-34-27-24-21-18-15-12-9-6-3)69-63(66)57-54-51-48-45-42-39-36-32-29-26-23-20-17-14-11-8-5-2/h9,12,16-21,25-29,31,33-34,36,39-40,43,45,48,60H,4-8,10-11,13-15,22-24,30,32,35,37-38,41-42,44,46-47,49-59H2,1-3H3/b12-9-,19-16-,20-17-,21-18-,28-25-,29-26-,33-31-,34-27-,39-36-,43-40-,48-45-/t60-/m1/s1. The molecule has 0 aliphatic rings. The van der Waals surface area contributed by atoms with E-state index in [1.54, 1.807) is 0 Å². The van der Waals surface area contributed by atoms with Gasteiger partial charge < -0.3 is 14.2 Å². The summed E-state index contributed by atoms with van der Waals surface area (Å²) in [5.41, 5.74) is 0. The number of hydrogen-bond acceptors (Lipinski definition) is 6. The van der Waals surface area contributed by atoms with Crippen molar-refractivity contribution in [2.45, 2.75) is 232 Å². The second kappa shape index (κ2) is 56.1. The van der Waals surface area contributed by atoms with E-state index in [-0.39, 0.29) is 44.0 Å². The van der Waals surface area contributed by atoms with Crippen LogP contribution in [0.15, 0.2) is 134 Å². The number of carbonyl (C=O) groups is 3. The summed E-state index contributed by atoms with van der Waals surface area (Å²) < 4.78 is 16.7. The van der Waals surface area contributed by atoms with Gasteiger partial charge in [0.2, 0.25) is 0 Å². The average Bonchev–Trinajstić information content (AvgIpc) is 3.35. The zero-order chi connectivity index (χ0) is 50.0. The van der Waals surface area contributed by atoms with Gasteiger partial charge in [0.15, 0.2) is 6.10 Å². The third-order valence-electron chi connectivity index (χ3n) is 11.1. The van der Waals surface area contributed by atoms with Gasteiger partial charge in [-0.25, -0.2) is 0 Å². The fourth-order valence-electron chi connectivity index (χ4n) is 6.96. The van der Waals surface area contributed by atoms with E-state index in [0.29, 0.717) is 19.3 Å². The number of hydrogen-bond donors (Lipinski definition) is 0. The van der Waals surface area contributed by atoms with Crippen molar-refractivity contribution in [1.82, 2.24) is 0 Å². The number of allylic oxidation sites excluding steroid dienone is 22. The molecule has 0 fully saturated rings. The summed E-state index contributed by atoms with van der Waals surface area (Å²) in [6.45, 7) is 6.36. The van der Waals surface area contributed by atoms with Crippen molar-refractivity contribution < 1.29 is 28.6 Å². The first kappa shape index (κ1) is 64.5. The highest BCUT2D eigenvalue weighted by molar-refractivity contribution is 5.71. The molecule has 0 bridgehead atoms. The third-order valence-corrected chi connectivity index (χ3v) is 11.1. The summed E-state index contributed by atoms with van der Waals surface area (Å²) in [7, 11) is 0. The predicted molar refractivity (Wildman–Crippen MR) is 297 cm³/mol. The lowest BCUT2D eigenvalue weighted by atomic mass is 10.1. The van der Waals surface area contributed by atoms with Crippen LogP contribution < -0.4 is 0 Å². The average molecular weight is 953 g/mol. The quantitative estimate of drug-likeness (QED) is 0.0262. The Labute approximate surface area is 424 Å². The number of unbranched alkanes of at least 4 members (excludes halogenated alkanes) is 15. The maximum atomic E-state index is 12.8. The minimum atomic E-state index is -0.835. The van der Waals surface area contributed by atoms with Crippen molar-refractivity contribution in [2.75, 3.05) is 13.2 Å². The molecule has 0 unspecified atom stereocenters. The highest BCUT2D eigenvalue weighted by Crippen LogP contribution is 2.12. The maximum absolute atomic E-state index is 12.8. The van der Waals surface area contributed by atoms with Crippen LogP contribution in [0.25, 0.3) is 0 Å². The van der Waals surface area contributed by atoms with Crippen LogP contribution in [0, 0.1) is 0 Å². The molecule has 0 saturated heterocycles. The van der Waals surface area contributed by atoms with E-state index >= 15 is 0 Å². The molecular formula is C63H100O6. The number of rotatable bonds is 48. The van der Waals surface area contributed by atoms with Crippen LogP contribution in [0.2, 0.25) is 0 Å². The van der Waals surface area contributed by atoms with E-state index in [0.717, 1.165) is 109 Å². The summed E-state index contributed by atoms with van der Waals surface area (Å²) >= 11 is 0. The zero-order valence-corrected chi connectivity index (χ0v) is 44.3. The van der Waals surface area contributed by atoms with Crippen molar-refractivity contribution in [1.29, 1.82) is 0 Å². The molecule has 388 valence electrons. The minimum absolute atomic E-state index is 0.125. The van der Waals surface area contributed by atoms with Gasteiger partial charge in [0.1, 0.15) is 13.2 Å². The van der Waals surface area contributed by atoms with E-state index < -0.39 is 6.10 Å². The summed E-state index contributed by atoms with van der Waals surface area (Å²) in [6.07, 6.45) is 78.7. The second-order valence-corrected chi connectivity index (χ2v) is 17.7. The molecule has 0 aromatic heterocycles. The molecule has 0 aromatic rings. The Hall–Kier alpha value is -4.45. The molecule has 0 saturated carbocycles. The Morgan fingerprint density at radius 1 is 0.304 bits per heavy atom. The molecule has 1 atom stereocenters. The van der Waals surface area contributed by atoms with Gasteiger partial charge in [0.05, 0.1) is 0 Å². The smallest absolute Gasteiger partial charge is 0.306 e. The predicted octanol–water partition coefficient (Wildman–Crippen LogP) is 18.6. The molecule has 0 radical (unpaired) electrons. The van der Waals surface area contributed by atoms with Gasteiger partial charge >= 0.3 is 17.9 Å². The Bertz CT molecular complexity index is 1510. The van der Waals surface area contributed by atoms with Crippen LogP contribution in [0.4, 0.5) is 0 Å². The molecule has 0 heterocycles. The molecule has 0 N–H and O–H groups in total. The van der Waals surface area contributed by atoms with Gasteiger partial charge in [0, 0.05) is 19.3 Å². The first-order chi connectivity index (χ1) is 34.0. The first-order valence-electron chi connectivity index (χ1n) is 27.7. The van der Waals surface area contributed by atoms with Crippen LogP contribution in [0.3, 0.4) is 0 Å². The number of ether oxygens (including phenoxy) is 3. The Morgan fingerprint density at radius 3 is 0.957 bits per heavy atom. The molecule has 6 heteroatoms. The van der Waals surface area contributed by atoms with E-state index in [1.165, 1.54) is 64.2 Å². The molecule has 0 aliphatic carbocycles. The topological polar surface area (TPSA) is 78.9 Å². The molecule has 6 nitrogen and oxygen atoms in total. The molecule has 0 aliphatic heterocycles. The third kappa shape index (κ3) is 54.4. The zero-order valence-electron chi connectivity index (χ0n) is 44.3. The van der Waals surface area contributed by atoms with Crippen LogP contribution in [0.5, 0.6) is 0 Å². The van der Waals surface area contributed by atoms with Crippen LogP contribution in [-0.2, 0) is 28.6 Å². The minimum Gasteiger partial charge on any atom is -0.462 e. The van der Waals surface area contributed by atoms with Crippen LogP contribution in [-0.4, -0.2) is 37.2 Å². The van der Waals surface area contributed by atoms with Gasteiger partial charge in [-0.3, -0.25) is 14.4 Å². The van der Waals surface area contributed by atoms with Gasteiger partial charge in [-0.2, -0.15) is 0 Å². The van der Waals surface area contributed by atoms with Crippen LogP contribution in [0.1, 0.15) is 226 Å². The van der Waals surface area contributed by atoms with Gasteiger partial charge in [-0.1, -0.05) is 206 Å². The van der Waals surface area contributed by atoms with E-state index in [9.17, 15) is 14.4 Å². The first-order valence-corrected chi connectivity index (χ1v) is 27.7. The van der Waals surface area contributed by atoms with E-state index in [2.05, 4.69) is 154 Å². The summed E-state index contributed by atoms with van der Waals surface area (Å²) in [5, 5.41) is 0. The second-order valence-electron chi connectivity index (χ2n) is 17.7. The summed E-state index contributed by atoms with van der Waals surface area (Å²) in [5.74, 6) is -1.04. The summed E-state index contributed by atoms with van der Waals surface area (Å²) in [4.78, 5) is 38.1. The van der Waals surface area contributed by atoms with Crippen molar-refractivity contribution in [3.63, 3.8) is 0 Å². The Kier molecular flexibility index (Phi) is 52.5. The van der Waals surface area contributed by atoms with Crippen molar-refractivity contribution in [3.05, 3.63) is 134 Å². The Morgan fingerprint density at radius 2 is 0.580 bits per heavy atom. The largest absolute Gasteiger partial charge is 0.462 e. The fraction of sp³-hybridized carbons (Fsp3) is 0.603. The molecule has 0 aromatic carbocycles. The highest BCUT2D eigenvalue weighted by atomic mass is 16.6. The lowest BCUT2D eigenvalue weighted by Crippen LogP contribution is -2.30. The van der Waals surface area contributed by atoms with Gasteiger partial charge in [-0.05, 0) is 135 Å². The van der Waals surface area contributed by atoms with E-state index in [4.69, 9.17) is 14.2 Å².